The van der Waals surface area contributed by atoms with Gasteiger partial charge in [-0.1, -0.05) is 0 Å². The summed E-state index contributed by atoms with van der Waals surface area (Å²) in [7, 11) is 1.60. The Kier molecular flexibility index (Phi) is 7.48. The summed E-state index contributed by atoms with van der Waals surface area (Å²) in [6.07, 6.45) is -2.35. The highest BCUT2D eigenvalue weighted by Gasteiger charge is 2.42. The SMILES string of the molecule is COC1(C(=O)N2CCN(CCCOCC(F)(F)F)CC2)CCNCC1. The number of nitrogens with one attached hydrogen (secondary N) is 1. The molecule has 9 heteroatoms. The van der Waals surface area contributed by atoms with Crippen LogP contribution < -0.4 is 5.32 Å². The van der Waals surface area contributed by atoms with Crippen molar-refractivity contribution in [3.05, 3.63) is 0 Å². The first-order valence-electron chi connectivity index (χ1n) is 8.78. The van der Waals surface area contributed by atoms with Crippen LogP contribution in [0.2, 0.25) is 0 Å². The number of halogens is 3. The molecule has 0 aromatic rings. The molecule has 0 aromatic carbocycles. The van der Waals surface area contributed by atoms with Crippen LogP contribution in [0, 0.1) is 0 Å². The van der Waals surface area contributed by atoms with E-state index in [0.717, 1.165) is 26.2 Å². The van der Waals surface area contributed by atoms with Crippen molar-refractivity contribution < 1.29 is 27.4 Å². The Labute approximate surface area is 146 Å². The van der Waals surface area contributed by atoms with E-state index in [1.165, 1.54) is 0 Å². The molecule has 0 saturated carbocycles. The van der Waals surface area contributed by atoms with Crippen LogP contribution in [-0.4, -0.2) is 93.6 Å². The van der Waals surface area contributed by atoms with Crippen molar-refractivity contribution in [2.24, 2.45) is 0 Å². The number of carbonyl (C=O) groups excluding carboxylic acids is 1. The minimum absolute atomic E-state index is 0.0599. The summed E-state index contributed by atoms with van der Waals surface area (Å²) >= 11 is 0. The van der Waals surface area contributed by atoms with Crippen molar-refractivity contribution in [2.75, 3.05) is 66.1 Å². The predicted octanol–water partition coefficient (Wildman–Crippen LogP) is 0.868. The number of ether oxygens (including phenoxy) is 2. The molecule has 0 aliphatic carbocycles. The molecular formula is C16H28F3N3O3. The van der Waals surface area contributed by atoms with Crippen LogP contribution in [0.5, 0.6) is 0 Å². The maximum absolute atomic E-state index is 12.8. The fourth-order valence-corrected chi connectivity index (χ4v) is 3.38. The van der Waals surface area contributed by atoms with Crippen LogP contribution in [0.4, 0.5) is 13.2 Å². The van der Waals surface area contributed by atoms with Crippen LogP contribution in [0.25, 0.3) is 0 Å². The number of alkyl halides is 3. The Bertz CT molecular complexity index is 421. The van der Waals surface area contributed by atoms with Gasteiger partial charge in [0.05, 0.1) is 0 Å². The summed E-state index contributed by atoms with van der Waals surface area (Å²) < 4.78 is 46.2. The van der Waals surface area contributed by atoms with Gasteiger partial charge in [0.2, 0.25) is 0 Å². The number of hydrogen-bond acceptors (Lipinski definition) is 5. The lowest BCUT2D eigenvalue weighted by Gasteiger charge is -2.42. The van der Waals surface area contributed by atoms with Gasteiger partial charge in [0.25, 0.3) is 5.91 Å². The van der Waals surface area contributed by atoms with E-state index in [0.29, 0.717) is 38.9 Å². The van der Waals surface area contributed by atoms with Gasteiger partial charge in [0.1, 0.15) is 12.2 Å². The summed E-state index contributed by atoms with van der Waals surface area (Å²) in [6.45, 7) is 3.84. The standard InChI is InChI=1S/C16H28F3N3O3/c1-24-15(3-5-20-6-4-15)14(23)22-10-8-21(9-11-22)7-2-12-25-13-16(17,18)19/h20H,2-13H2,1H3. The lowest BCUT2D eigenvalue weighted by molar-refractivity contribution is -0.174. The predicted molar refractivity (Wildman–Crippen MR) is 86.4 cm³/mol. The molecule has 0 atom stereocenters. The zero-order valence-corrected chi connectivity index (χ0v) is 14.7. The quantitative estimate of drug-likeness (QED) is 0.677. The molecule has 2 rings (SSSR count). The third kappa shape index (κ3) is 6.09. The number of rotatable bonds is 7. The number of carbonyl (C=O) groups is 1. The minimum atomic E-state index is -4.27. The van der Waals surface area contributed by atoms with E-state index in [9.17, 15) is 18.0 Å². The van der Waals surface area contributed by atoms with Crippen LogP contribution >= 0.6 is 0 Å². The molecule has 2 aliphatic heterocycles. The normalized spacial score (nSPS) is 22.2. The summed E-state index contributed by atoms with van der Waals surface area (Å²) in [5.74, 6) is 0.0599. The molecule has 2 aliphatic rings. The second-order valence-corrected chi connectivity index (χ2v) is 6.60. The third-order valence-corrected chi connectivity index (χ3v) is 4.88. The van der Waals surface area contributed by atoms with Gasteiger partial charge in [-0.2, -0.15) is 13.2 Å². The van der Waals surface area contributed by atoms with Gasteiger partial charge in [0, 0.05) is 46.4 Å². The van der Waals surface area contributed by atoms with Gasteiger partial charge in [-0.3, -0.25) is 9.69 Å². The number of amides is 1. The fraction of sp³-hybridized carbons (Fsp3) is 0.938. The highest BCUT2D eigenvalue weighted by Crippen LogP contribution is 2.25. The average molecular weight is 367 g/mol. The molecule has 2 heterocycles. The molecule has 25 heavy (non-hydrogen) atoms. The summed E-state index contributed by atoms with van der Waals surface area (Å²) in [4.78, 5) is 16.8. The van der Waals surface area contributed by atoms with Gasteiger partial charge in [-0.15, -0.1) is 0 Å². The third-order valence-electron chi connectivity index (χ3n) is 4.88. The summed E-state index contributed by atoms with van der Waals surface area (Å²) in [5.41, 5.74) is -0.709. The van der Waals surface area contributed by atoms with Crippen LogP contribution in [0.3, 0.4) is 0 Å². The zero-order valence-electron chi connectivity index (χ0n) is 14.7. The molecule has 0 bridgehead atoms. The van der Waals surface area contributed by atoms with Crippen LogP contribution in [-0.2, 0) is 14.3 Å². The first kappa shape index (κ1) is 20.4. The number of nitrogens with zero attached hydrogens (tertiary/aromatic N) is 2. The molecule has 146 valence electrons. The maximum atomic E-state index is 12.8. The Hall–Kier alpha value is -0.900. The van der Waals surface area contributed by atoms with E-state index in [4.69, 9.17) is 4.74 Å². The van der Waals surface area contributed by atoms with Crippen LogP contribution in [0.15, 0.2) is 0 Å². The molecule has 6 nitrogen and oxygen atoms in total. The number of methoxy groups -OCH3 is 1. The van der Waals surface area contributed by atoms with E-state index in [1.807, 2.05) is 4.90 Å². The highest BCUT2D eigenvalue weighted by molar-refractivity contribution is 5.85. The Morgan fingerprint density at radius 2 is 1.80 bits per heavy atom. The largest absolute Gasteiger partial charge is 0.411 e. The lowest BCUT2D eigenvalue weighted by atomic mass is 9.90. The lowest BCUT2D eigenvalue weighted by Crippen LogP contribution is -2.59. The molecule has 2 fully saturated rings. The van der Waals surface area contributed by atoms with Gasteiger partial charge >= 0.3 is 6.18 Å². The summed E-state index contributed by atoms with van der Waals surface area (Å²) in [5, 5.41) is 3.24. The summed E-state index contributed by atoms with van der Waals surface area (Å²) in [6, 6.07) is 0. The monoisotopic (exact) mass is 367 g/mol. The second-order valence-electron chi connectivity index (χ2n) is 6.60. The van der Waals surface area contributed by atoms with Crippen molar-refractivity contribution in [1.82, 2.24) is 15.1 Å². The van der Waals surface area contributed by atoms with Crippen molar-refractivity contribution >= 4 is 5.91 Å². The zero-order chi connectivity index (χ0) is 18.3. The highest BCUT2D eigenvalue weighted by atomic mass is 19.4. The number of hydrogen-bond donors (Lipinski definition) is 1. The molecule has 0 radical (unpaired) electrons. The molecule has 1 amide bonds. The number of piperazine rings is 1. The maximum Gasteiger partial charge on any atom is 0.411 e. The van der Waals surface area contributed by atoms with E-state index in [2.05, 4.69) is 15.0 Å². The number of piperidine rings is 1. The van der Waals surface area contributed by atoms with Gasteiger partial charge in [-0.05, 0) is 32.4 Å². The average Bonchev–Trinajstić information content (AvgIpc) is 2.61. The molecule has 0 spiro atoms. The smallest absolute Gasteiger partial charge is 0.372 e. The second kappa shape index (κ2) is 9.16. The van der Waals surface area contributed by atoms with E-state index in [-0.39, 0.29) is 12.5 Å². The molecule has 0 aromatic heterocycles. The van der Waals surface area contributed by atoms with Crippen molar-refractivity contribution in [3.63, 3.8) is 0 Å². The van der Waals surface area contributed by atoms with Crippen molar-refractivity contribution in [3.8, 4) is 0 Å². The van der Waals surface area contributed by atoms with E-state index in [1.54, 1.807) is 7.11 Å². The Morgan fingerprint density at radius 3 is 2.36 bits per heavy atom. The molecule has 0 unspecified atom stereocenters. The van der Waals surface area contributed by atoms with E-state index >= 15 is 0 Å². The van der Waals surface area contributed by atoms with Crippen LogP contribution in [0.1, 0.15) is 19.3 Å². The first-order chi connectivity index (χ1) is 11.9. The van der Waals surface area contributed by atoms with Crippen molar-refractivity contribution in [1.29, 1.82) is 0 Å². The van der Waals surface area contributed by atoms with Gasteiger partial charge < -0.3 is 19.7 Å². The minimum Gasteiger partial charge on any atom is -0.372 e. The molecular weight excluding hydrogens is 339 g/mol. The van der Waals surface area contributed by atoms with E-state index < -0.39 is 18.4 Å². The molecule has 2 saturated heterocycles. The fourth-order valence-electron chi connectivity index (χ4n) is 3.38. The Morgan fingerprint density at radius 1 is 1.16 bits per heavy atom. The van der Waals surface area contributed by atoms with Crippen molar-refractivity contribution in [2.45, 2.75) is 31.0 Å². The molecule has 1 N–H and O–H groups in total. The first-order valence-corrected chi connectivity index (χ1v) is 8.78. The van der Waals surface area contributed by atoms with Gasteiger partial charge in [0.15, 0.2) is 0 Å². The Balaban J connectivity index is 1.68. The van der Waals surface area contributed by atoms with Gasteiger partial charge in [-0.25, -0.2) is 0 Å². The topological polar surface area (TPSA) is 54.0 Å².